The van der Waals surface area contributed by atoms with Gasteiger partial charge in [0.15, 0.2) is 6.29 Å². The molecule has 9 unspecified atom stereocenters. The number of aliphatic hydroxyl groups excluding tert-OH is 7. The molecule has 11 heteroatoms. The number of carbonyl (C=O) groups is 1. The van der Waals surface area contributed by atoms with Gasteiger partial charge in [-0.05, 0) is 38.5 Å². The maximum Gasteiger partial charge on any atom is 0.249 e. The van der Waals surface area contributed by atoms with Crippen molar-refractivity contribution in [2.75, 3.05) is 13.2 Å². The molecule has 11 nitrogen and oxygen atoms in total. The Kier molecular flexibility index (Phi) is 56.0. The summed E-state index contributed by atoms with van der Waals surface area (Å²) in [6.07, 6.45) is 60.2. The Morgan fingerprint density at radius 3 is 1.07 bits per heavy atom. The standard InChI is InChI=1S/C69H135NO10/c1-3-5-7-9-11-13-15-17-19-21-23-25-27-28-29-30-31-32-33-34-35-37-38-40-42-44-46-48-50-52-54-56-61(72)64(74)60(59-79-69-67(77)66(76)65(75)63(58-71)80-69)70-68(78)62(73)57-55-53-51-49-47-45-43-41-39-36-26-24-22-20-18-16-14-12-10-8-6-4-2/h48,50,60-67,69,71-77H,3-47,49,51-59H2,1-2H3,(H,70,78)/b50-48+. The summed E-state index contributed by atoms with van der Waals surface area (Å²) in [6, 6.07) is -1.18. The maximum absolute atomic E-state index is 13.2. The van der Waals surface area contributed by atoms with Gasteiger partial charge in [-0.3, -0.25) is 4.79 Å². The van der Waals surface area contributed by atoms with Crippen LogP contribution in [-0.2, 0) is 14.3 Å². The Morgan fingerprint density at radius 2 is 0.738 bits per heavy atom. The molecule has 8 N–H and O–H groups in total. The lowest BCUT2D eigenvalue weighted by atomic mass is 9.98. The number of aliphatic hydroxyl groups is 7. The summed E-state index contributed by atoms with van der Waals surface area (Å²) in [5.41, 5.74) is 0. The van der Waals surface area contributed by atoms with Crippen molar-refractivity contribution in [1.82, 2.24) is 5.32 Å². The average molecular weight is 1140 g/mol. The van der Waals surface area contributed by atoms with Crippen LogP contribution in [0.2, 0.25) is 0 Å². The van der Waals surface area contributed by atoms with E-state index >= 15 is 0 Å². The maximum atomic E-state index is 13.2. The first kappa shape index (κ1) is 76.9. The highest BCUT2D eigenvalue weighted by Gasteiger charge is 2.44. The zero-order chi connectivity index (χ0) is 58.2. The van der Waals surface area contributed by atoms with Crippen LogP contribution >= 0.6 is 0 Å². The number of unbranched alkanes of at least 4 members (excludes halogenated alkanes) is 48. The van der Waals surface area contributed by atoms with Crippen LogP contribution in [-0.4, -0.2) is 110 Å². The SMILES string of the molecule is CCCCCCCCCCCCCCCCCCCCCCCCCCCC/C=C/CCCC(O)C(O)C(COC1OC(CO)C(O)C(O)C1O)NC(=O)C(O)CCCCCCCCCCCCCCCCCCCCCCCC. The zero-order valence-electron chi connectivity index (χ0n) is 52.6. The van der Waals surface area contributed by atoms with Gasteiger partial charge in [0.25, 0.3) is 0 Å². The van der Waals surface area contributed by atoms with E-state index in [9.17, 15) is 40.5 Å². The molecule has 1 aliphatic heterocycles. The molecule has 9 atom stereocenters. The van der Waals surface area contributed by atoms with Crippen molar-refractivity contribution in [2.24, 2.45) is 0 Å². The first-order chi connectivity index (χ1) is 39.2. The number of hydrogen-bond acceptors (Lipinski definition) is 10. The van der Waals surface area contributed by atoms with E-state index in [0.29, 0.717) is 12.8 Å². The van der Waals surface area contributed by atoms with Gasteiger partial charge in [-0.1, -0.05) is 328 Å². The Balaban J connectivity index is 2.20. The van der Waals surface area contributed by atoms with Gasteiger partial charge in [-0.2, -0.15) is 0 Å². The Labute approximate surface area is 493 Å². The Hall–Kier alpha value is -1.15. The molecule has 0 spiro atoms. The summed E-state index contributed by atoms with van der Waals surface area (Å²) in [6.45, 7) is 3.51. The van der Waals surface area contributed by atoms with E-state index in [0.717, 1.165) is 32.1 Å². The van der Waals surface area contributed by atoms with Crippen LogP contribution in [0.5, 0.6) is 0 Å². The number of carbonyl (C=O) groups excluding carboxylic acids is 1. The first-order valence-corrected chi connectivity index (χ1v) is 35.1. The van der Waals surface area contributed by atoms with E-state index < -0.39 is 74.2 Å². The molecule has 0 saturated carbocycles. The second kappa shape index (κ2) is 58.2. The van der Waals surface area contributed by atoms with Crippen LogP contribution < -0.4 is 5.32 Å². The molecule has 1 fully saturated rings. The second-order valence-electron chi connectivity index (χ2n) is 25.0. The summed E-state index contributed by atoms with van der Waals surface area (Å²) in [7, 11) is 0. The van der Waals surface area contributed by atoms with Gasteiger partial charge in [0.05, 0.1) is 25.4 Å². The summed E-state index contributed by atoms with van der Waals surface area (Å²) >= 11 is 0. The van der Waals surface area contributed by atoms with Crippen molar-refractivity contribution in [3.05, 3.63) is 12.2 Å². The molecule has 1 rings (SSSR count). The first-order valence-electron chi connectivity index (χ1n) is 35.1. The van der Waals surface area contributed by atoms with Gasteiger partial charge in [0, 0.05) is 0 Å². The third-order valence-electron chi connectivity index (χ3n) is 17.3. The zero-order valence-corrected chi connectivity index (χ0v) is 52.6. The van der Waals surface area contributed by atoms with E-state index in [-0.39, 0.29) is 12.8 Å². The number of hydrogen-bond donors (Lipinski definition) is 8. The second-order valence-corrected chi connectivity index (χ2v) is 25.0. The highest BCUT2D eigenvalue weighted by molar-refractivity contribution is 5.80. The number of nitrogens with one attached hydrogen (secondary N) is 1. The molecule has 0 aromatic heterocycles. The van der Waals surface area contributed by atoms with Crippen LogP contribution in [0.15, 0.2) is 12.2 Å². The molecule has 0 aromatic rings. The van der Waals surface area contributed by atoms with Gasteiger partial charge < -0.3 is 50.5 Å². The third kappa shape index (κ3) is 45.2. The fourth-order valence-electron chi connectivity index (χ4n) is 11.7. The number of allylic oxidation sites excluding steroid dienone is 2. The molecular weight excluding hydrogens is 1000 g/mol. The molecule has 0 radical (unpaired) electrons. The van der Waals surface area contributed by atoms with Crippen molar-refractivity contribution in [1.29, 1.82) is 0 Å². The normalized spacial score (nSPS) is 19.2. The lowest BCUT2D eigenvalue weighted by Gasteiger charge is -2.40. The van der Waals surface area contributed by atoms with Crippen LogP contribution in [0.25, 0.3) is 0 Å². The predicted molar refractivity (Wildman–Crippen MR) is 335 cm³/mol. The third-order valence-corrected chi connectivity index (χ3v) is 17.3. The highest BCUT2D eigenvalue weighted by Crippen LogP contribution is 2.24. The summed E-state index contributed by atoms with van der Waals surface area (Å²) in [5, 5.41) is 76.5. The topological polar surface area (TPSA) is 189 Å². The van der Waals surface area contributed by atoms with E-state index in [1.165, 1.54) is 283 Å². The minimum absolute atomic E-state index is 0.260. The molecular formula is C69H135NO10. The molecule has 476 valence electrons. The quantitative estimate of drug-likeness (QED) is 0.0215. The summed E-state index contributed by atoms with van der Waals surface area (Å²) < 4.78 is 11.2. The summed E-state index contributed by atoms with van der Waals surface area (Å²) in [4.78, 5) is 13.2. The monoisotopic (exact) mass is 1140 g/mol. The highest BCUT2D eigenvalue weighted by atomic mass is 16.7. The van der Waals surface area contributed by atoms with Crippen molar-refractivity contribution in [3.8, 4) is 0 Å². The molecule has 1 heterocycles. The molecule has 0 aromatic carbocycles. The average Bonchev–Trinajstić information content (AvgIpc) is 3.47. The lowest BCUT2D eigenvalue weighted by molar-refractivity contribution is -0.303. The lowest BCUT2D eigenvalue weighted by Crippen LogP contribution is -2.60. The molecule has 0 bridgehead atoms. The number of rotatable bonds is 62. The molecule has 1 saturated heterocycles. The van der Waals surface area contributed by atoms with Crippen molar-refractivity contribution in [2.45, 2.75) is 409 Å². The minimum Gasteiger partial charge on any atom is -0.394 e. The molecule has 0 aliphatic carbocycles. The predicted octanol–water partition coefficient (Wildman–Crippen LogP) is 16.6. The van der Waals surface area contributed by atoms with Gasteiger partial charge in [0.2, 0.25) is 5.91 Å². The van der Waals surface area contributed by atoms with Crippen molar-refractivity contribution >= 4 is 5.91 Å². The largest absolute Gasteiger partial charge is 0.394 e. The van der Waals surface area contributed by atoms with E-state index in [2.05, 4.69) is 31.3 Å². The number of ether oxygens (including phenoxy) is 2. The van der Waals surface area contributed by atoms with Crippen LogP contribution in [0.1, 0.15) is 354 Å². The number of amides is 1. The van der Waals surface area contributed by atoms with Crippen molar-refractivity contribution < 1.29 is 50.0 Å². The Bertz CT molecular complexity index is 1310. The van der Waals surface area contributed by atoms with Crippen LogP contribution in [0, 0.1) is 0 Å². The van der Waals surface area contributed by atoms with Crippen molar-refractivity contribution in [3.63, 3.8) is 0 Å². The van der Waals surface area contributed by atoms with Gasteiger partial charge in [-0.15, -0.1) is 0 Å². The van der Waals surface area contributed by atoms with Gasteiger partial charge in [-0.25, -0.2) is 0 Å². The van der Waals surface area contributed by atoms with E-state index in [1.54, 1.807) is 0 Å². The van der Waals surface area contributed by atoms with Gasteiger partial charge in [0.1, 0.15) is 36.6 Å². The molecule has 1 aliphatic rings. The van der Waals surface area contributed by atoms with E-state index in [4.69, 9.17) is 9.47 Å². The minimum atomic E-state index is -1.67. The Morgan fingerprint density at radius 1 is 0.425 bits per heavy atom. The smallest absolute Gasteiger partial charge is 0.249 e. The fraction of sp³-hybridized carbons (Fsp3) is 0.957. The van der Waals surface area contributed by atoms with Gasteiger partial charge >= 0.3 is 0 Å². The fourth-order valence-corrected chi connectivity index (χ4v) is 11.7. The van der Waals surface area contributed by atoms with Crippen LogP contribution in [0.3, 0.4) is 0 Å². The summed E-state index contributed by atoms with van der Waals surface area (Å²) in [5.74, 6) is -0.698. The van der Waals surface area contributed by atoms with Crippen LogP contribution in [0.4, 0.5) is 0 Å². The van der Waals surface area contributed by atoms with E-state index in [1.807, 2.05) is 0 Å². The molecule has 1 amide bonds. The molecule has 80 heavy (non-hydrogen) atoms.